The molecule has 3 heteroatoms. The van der Waals surface area contributed by atoms with Gasteiger partial charge in [-0.15, -0.1) is 0 Å². The van der Waals surface area contributed by atoms with E-state index in [0.717, 1.165) is 32.5 Å². The summed E-state index contributed by atoms with van der Waals surface area (Å²) in [5.74, 6) is 0.415. The van der Waals surface area contributed by atoms with Crippen molar-refractivity contribution in [3.8, 4) is 0 Å². The first-order chi connectivity index (χ1) is 5.86. The molecule has 1 rings (SSSR count). The van der Waals surface area contributed by atoms with Crippen molar-refractivity contribution in [1.29, 1.82) is 0 Å². The Morgan fingerprint density at radius 3 is 2.58 bits per heavy atom. The molecule has 1 aliphatic rings. The molecule has 0 radical (unpaired) electrons. The fourth-order valence-corrected chi connectivity index (χ4v) is 1.37. The smallest absolute Gasteiger partial charge is 0.157 e. The summed E-state index contributed by atoms with van der Waals surface area (Å²) >= 11 is 0. The van der Waals surface area contributed by atoms with Crippen molar-refractivity contribution >= 4 is 0 Å². The van der Waals surface area contributed by atoms with Crippen LogP contribution in [0.5, 0.6) is 0 Å². The van der Waals surface area contributed by atoms with Crippen LogP contribution in [0.4, 0.5) is 0 Å². The monoisotopic (exact) mass is 174 g/mol. The Balaban J connectivity index is 2.06. The fraction of sp³-hybridized carbons (Fsp3) is 1.00. The van der Waals surface area contributed by atoms with E-state index in [1.165, 1.54) is 0 Å². The molecule has 1 heterocycles. The minimum absolute atomic E-state index is 0.00870. The molecule has 0 aromatic carbocycles. The third-order valence-corrected chi connectivity index (χ3v) is 2.34. The van der Waals surface area contributed by atoms with E-state index < -0.39 is 0 Å². The van der Waals surface area contributed by atoms with Crippen LogP contribution in [0, 0.1) is 5.92 Å². The Hall–Kier alpha value is -0.120. The van der Waals surface area contributed by atoms with Gasteiger partial charge in [0.1, 0.15) is 0 Å². The third-order valence-electron chi connectivity index (χ3n) is 2.34. The van der Waals surface area contributed by atoms with Crippen molar-refractivity contribution in [2.75, 3.05) is 19.8 Å². The molecule has 0 bridgehead atoms. The Labute approximate surface area is 73.7 Å². The van der Waals surface area contributed by atoms with E-state index in [1.54, 1.807) is 0 Å². The summed E-state index contributed by atoms with van der Waals surface area (Å²) in [4.78, 5) is 0. The van der Waals surface area contributed by atoms with Gasteiger partial charge in [0.15, 0.2) is 6.29 Å². The number of rotatable bonds is 5. The Morgan fingerprint density at radius 1 is 1.42 bits per heavy atom. The lowest BCUT2D eigenvalue weighted by molar-refractivity contribution is -0.0513. The van der Waals surface area contributed by atoms with Crippen LogP contribution in [0.3, 0.4) is 0 Å². The van der Waals surface area contributed by atoms with Gasteiger partial charge in [0, 0.05) is 6.61 Å². The largest absolute Gasteiger partial charge is 0.396 e. The van der Waals surface area contributed by atoms with Crippen molar-refractivity contribution in [3.05, 3.63) is 0 Å². The summed E-state index contributed by atoms with van der Waals surface area (Å²) in [5, 5.41) is 8.92. The highest BCUT2D eigenvalue weighted by molar-refractivity contribution is 4.59. The van der Waals surface area contributed by atoms with Crippen LogP contribution < -0.4 is 0 Å². The van der Waals surface area contributed by atoms with E-state index >= 15 is 0 Å². The first-order valence-corrected chi connectivity index (χ1v) is 4.71. The van der Waals surface area contributed by atoms with E-state index in [4.69, 9.17) is 14.6 Å². The number of hydrogen-bond acceptors (Lipinski definition) is 3. The molecular formula is C9H18O3. The quantitative estimate of drug-likeness (QED) is 0.679. The summed E-state index contributed by atoms with van der Waals surface area (Å²) in [6.45, 7) is 3.82. The molecule has 1 aliphatic heterocycles. The van der Waals surface area contributed by atoms with E-state index in [0.29, 0.717) is 5.92 Å². The Morgan fingerprint density at radius 2 is 2.08 bits per heavy atom. The molecule has 1 N–H and O–H groups in total. The lowest BCUT2D eigenvalue weighted by Crippen LogP contribution is -2.12. The summed E-state index contributed by atoms with van der Waals surface area (Å²) < 4.78 is 10.6. The topological polar surface area (TPSA) is 38.7 Å². The summed E-state index contributed by atoms with van der Waals surface area (Å²) in [6.07, 6.45) is 2.94. The number of aliphatic hydroxyl groups is 1. The van der Waals surface area contributed by atoms with Gasteiger partial charge < -0.3 is 14.6 Å². The molecule has 0 spiro atoms. The van der Waals surface area contributed by atoms with Crippen molar-refractivity contribution in [3.63, 3.8) is 0 Å². The van der Waals surface area contributed by atoms with Gasteiger partial charge in [0.25, 0.3) is 0 Å². The van der Waals surface area contributed by atoms with E-state index in [1.807, 2.05) is 0 Å². The van der Waals surface area contributed by atoms with Crippen LogP contribution in [0.25, 0.3) is 0 Å². The average Bonchev–Trinajstić information content (AvgIpc) is 2.59. The molecule has 0 aromatic rings. The number of aliphatic hydroxyl groups excluding tert-OH is 1. The predicted octanol–water partition coefficient (Wildman–Crippen LogP) is 1.16. The van der Waals surface area contributed by atoms with E-state index in [-0.39, 0.29) is 12.9 Å². The molecule has 12 heavy (non-hydrogen) atoms. The zero-order chi connectivity index (χ0) is 8.81. The van der Waals surface area contributed by atoms with Crippen LogP contribution >= 0.6 is 0 Å². The van der Waals surface area contributed by atoms with Crippen LogP contribution in [0.2, 0.25) is 0 Å². The SMILES string of the molecule is CCC(CO)CCC1OCCO1. The highest BCUT2D eigenvalue weighted by Gasteiger charge is 2.17. The molecule has 1 fully saturated rings. The standard InChI is InChI=1S/C9H18O3/c1-2-8(7-10)3-4-9-11-5-6-12-9/h8-10H,2-7H2,1H3. The molecule has 0 aromatic heterocycles. The molecule has 1 unspecified atom stereocenters. The maximum atomic E-state index is 8.92. The maximum Gasteiger partial charge on any atom is 0.157 e. The average molecular weight is 174 g/mol. The third kappa shape index (κ3) is 3.09. The van der Waals surface area contributed by atoms with Gasteiger partial charge >= 0.3 is 0 Å². The van der Waals surface area contributed by atoms with Gasteiger partial charge in [-0.1, -0.05) is 13.3 Å². The molecule has 0 amide bonds. The van der Waals surface area contributed by atoms with Crippen LogP contribution in [-0.2, 0) is 9.47 Å². The molecule has 1 atom stereocenters. The maximum absolute atomic E-state index is 8.92. The van der Waals surface area contributed by atoms with Crippen molar-refractivity contribution < 1.29 is 14.6 Å². The number of hydrogen-bond donors (Lipinski definition) is 1. The second kappa shape index (κ2) is 5.51. The summed E-state index contributed by atoms with van der Waals surface area (Å²) in [5.41, 5.74) is 0. The molecule has 0 saturated carbocycles. The second-order valence-electron chi connectivity index (χ2n) is 3.21. The normalized spacial score (nSPS) is 21.5. The summed E-state index contributed by atoms with van der Waals surface area (Å²) in [7, 11) is 0. The second-order valence-corrected chi connectivity index (χ2v) is 3.21. The van der Waals surface area contributed by atoms with Gasteiger partial charge in [-0.25, -0.2) is 0 Å². The van der Waals surface area contributed by atoms with Crippen molar-refractivity contribution in [2.24, 2.45) is 5.92 Å². The van der Waals surface area contributed by atoms with Gasteiger partial charge in [-0.05, 0) is 18.8 Å². The molecule has 0 aliphatic carbocycles. The lowest BCUT2D eigenvalue weighted by Gasteiger charge is -2.13. The summed E-state index contributed by atoms with van der Waals surface area (Å²) in [6, 6.07) is 0. The molecule has 72 valence electrons. The predicted molar refractivity (Wildman–Crippen MR) is 45.8 cm³/mol. The Kier molecular flexibility index (Phi) is 4.58. The molecular weight excluding hydrogens is 156 g/mol. The minimum Gasteiger partial charge on any atom is -0.396 e. The van der Waals surface area contributed by atoms with Crippen molar-refractivity contribution in [1.82, 2.24) is 0 Å². The van der Waals surface area contributed by atoms with E-state index in [2.05, 4.69) is 6.92 Å². The van der Waals surface area contributed by atoms with Gasteiger partial charge in [0.2, 0.25) is 0 Å². The lowest BCUT2D eigenvalue weighted by atomic mass is 10.0. The Bertz CT molecular complexity index is 104. The zero-order valence-electron chi connectivity index (χ0n) is 7.66. The minimum atomic E-state index is -0.00870. The molecule has 3 nitrogen and oxygen atoms in total. The van der Waals surface area contributed by atoms with Crippen LogP contribution in [0.1, 0.15) is 26.2 Å². The van der Waals surface area contributed by atoms with Crippen LogP contribution in [0.15, 0.2) is 0 Å². The first kappa shape index (κ1) is 9.96. The zero-order valence-corrected chi connectivity index (χ0v) is 7.66. The highest BCUT2D eigenvalue weighted by atomic mass is 16.7. The van der Waals surface area contributed by atoms with Gasteiger partial charge in [0.05, 0.1) is 13.2 Å². The molecule has 1 saturated heterocycles. The first-order valence-electron chi connectivity index (χ1n) is 4.71. The van der Waals surface area contributed by atoms with Gasteiger partial charge in [-0.2, -0.15) is 0 Å². The van der Waals surface area contributed by atoms with Crippen LogP contribution in [-0.4, -0.2) is 31.2 Å². The fourth-order valence-electron chi connectivity index (χ4n) is 1.37. The highest BCUT2D eigenvalue weighted by Crippen LogP contribution is 2.16. The van der Waals surface area contributed by atoms with Crippen molar-refractivity contribution in [2.45, 2.75) is 32.5 Å². The van der Waals surface area contributed by atoms with E-state index in [9.17, 15) is 0 Å². The van der Waals surface area contributed by atoms with Gasteiger partial charge in [-0.3, -0.25) is 0 Å². The number of ether oxygens (including phenoxy) is 2.